The number of urea groups is 1. The first-order valence-electron chi connectivity index (χ1n) is 8.43. The molecule has 4 nitrogen and oxygen atoms in total. The first kappa shape index (κ1) is 19.3. The molecule has 0 bridgehead atoms. The van der Waals surface area contributed by atoms with Crippen LogP contribution in [0.25, 0.3) is 5.57 Å². The lowest BCUT2D eigenvalue weighted by atomic mass is 10.1. The molecule has 1 aliphatic rings. The van der Waals surface area contributed by atoms with Crippen LogP contribution in [-0.4, -0.2) is 38.1 Å². The second-order valence-corrected chi connectivity index (χ2v) is 7.40. The van der Waals surface area contributed by atoms with Gasteiger partial charge in [0, 0.05) is 37.7 Å². The third-order valence-corrected chi connectivity index (χ3v) is 5.35. The van der Waals surface area contributed by atoms with Gasteiger partial charge >= 0.3 is 12.2 Å². The summed E-state index contributed by atoms with van der Waals surface area (Å²) in [6.07, 6.45) is -1.92. The van der Waals surface area contributed by atoms with Crippen molar-refractivity contribution in [3.05, 3.63) is 52.2 Å². The van der Waals surface area contributed by atoms with Gasteiger partial charge in [-0.1, -0.05) is 12.1 Å². The first-order valence-corrected chi connectivity index (χ1v) is 9.31. The highest BCUT2D eigenvalue weighted by Crippen LogP contribution is 2.37. The highest BCUT2D eigenvalue weighted by atomic mass is 32.1. The maximum atomic E-state index is 13.4. The standard InChI is InChI=1S/C19H20F3N3OS/c1-24(2)14-5-6-16(15(12-14)19(20,21)22)23-18(26)25-9-7-13(8-10-25)17-4-3-11-27-17/h3-7,11-12H,8-10H2,1-2H3,(H,23,26). The van der Waals surface area contributed by atoms with Crippen molar-refractivity contribution in [1.29, 1.82) is 0 Å². The van der Waals surface area contributed by atoms with E-state index in [1.54, 1.807) is 36.4 Å². The maximum absolute atomic E-state index is 13.4. The van der Waals surface area contributed by atoms with Crippen molar-refractivity contribution < 1.29 is 18.0 Å². The summed E-state index contributed by atoms with van der Waals surface area (Å²) in [4.78, 5) is 16.7. The molecule has 0 atom stereocenters. The molecule has 2 amide bonds. The lowest BCUT2D eigenvalue weighted by Crippen LogP contribution is -2.38. The van der Waals surface area contributed by atoms with Gasteiger partial charge in [-0.25, -0.2) is 4.79 Å². The number of rotatable bonds is 3. The zero-order valence-electron chi connectivity index (χ0n) is 15.0. The molecule has 1 aromatic carbocycles. The number of nitrogens with zero attached hydrogens (tertiary/aromatic N) is 2. The van der Waals surface area contributed by atoms with Crippen LogP contribution >= 0.6 is 11.3 Å². The van der Waals surface area contributed by atoms with Gasteiger partial charge in [-0.3, -0.25) is 0 Å². The second kappa shape index (κ2) is 7.64. The van der Waals surface area contributed by atoms with Crippen LogP contribution in [0.4, 0.5) is 29.3 Å². The zero-order valence-corrected chi connectivity index (χ0v) is 15.8. The summed E-state index contributed by atoms with van der Waals surface area (Å²) in [5.41, 5.74) is 0.502. The second-order valence-electron chi connectivity index (χ2n) is 6.45. The van der Waals surface area contributed by atoms with Crippen LogP contribution in [0.15, 0.2) is 41.8 Å². The van der Waals surface area contributed by atoms with E-state index in [0.29, 0.717) is 25.2 Å². The fourth-order valence-corrected chi connectivity index (χ4v) is 3.68. The van der Waals surface area contributed by atoms with Crippen LogP contribution in [0.5, 0.6) is 0 Å². The van der Waals surface area contributed by atoms with E-state index in [9.17, 15) is 18.0 Å². The van der Waals surface area contributed by atoms with E-state index >= 15 is 0 Å². The molecule has 0 spiro atoms. The van der Waals surface area contributed by atoms with E-state index in [-0.39, 0.29) is 5.69 Å². The molecule has 0 radical (unpaired) electrons. The van der Waals surface area contributed by atoms with Gasteiger partial charge in [0.15, 0.2) is 0 Å². The number of hydrogen-bond donors (Lipinski definition) is 1. The van der Waals surface area contributed by atoms with Crippen molar-refractivity contribution in [3.63, 3.8) is 0 Å². The van der Waals surface area contributed by atoms with Crippen molar-refractivity contribution >= 4 is 34.3 Å². The molecule has 2 aromatic rings. The van der Waals surface area contributed by atoms with Crippen molar-refractivity contribution in [3.8, 4) is 0 Å². The number of carbonyl (C=O) groups is 1. The number of alkyl halides is 3. The lowest BCUT2D eigenvalue weighted by molar-refractivity contribution is -0.136. The third-order valence-electron chi connectivity index (χ3n) is 4.40. The minimum Gasteiger partial charge on any atom is -0.378 e. The van der Waals surface area contributed by atoms with Crippen LogP contribution in [0.2, 0.25) is 0 Å². The van der Waals surface area contributed by atoms with Crippen LogP contribution in [0.3, 0.4) is 0 Å². The van der Waals surface area contributed by atoms with E-state index in [4.69, 9.17) is 0 Å². The number of halogens is 3. The van der Waals surface area contributed by atoms with Gasteiger partial charge in [0.1, 0.15) is 0 Å². The molecule has 0 unspecified atom stereocenters. The van der Waals surface area contributed by atoms with Gasteiger partial charge in [-0.05, 0) is 41.6 Å². The van der Waals surface area contributed by atoms with E-state index in [1.165, 1.54) is 16.5 Å². The predicted molar refractivity (Wildman–Crippen MR) is 103 cm³/mol. The SMILES string of the molecule is CN(C)c1ccc(NC(=O)N2CC=C(c3cccs3)CC2)c(C(F)(F)F)c1. The third kappa shape index (κ3) is 4.44. The fourth-order valence-electron chi connectivity index (χ4n) is 2.89. The highest BCUT2D eigenvalue weighted by molar-refractivity contribution is 7.11. The van der Waals surface area contributed by atoms with Gasteiger partial charge in [0.05, 0.1) is 11.3 Å². The molecule has 3 rings (SSSR count). The average molecular weight is 395 g/mol. The molecular formula is C19H20F3N3OS. The van der Waals surface area contributed by atoms with E-state index < -0.39 is 17.8 Å². The van der Waals surface area contributed by atoms with E-state index in [2.05, 4.69) is 5.32 Å². The number of thiophene rings is 1. The highest BCUT2D eigenvalue weighted by Gasteiger charge is 2.35. The Morgan fingerprint density at radius 1 is 1.26 bits per heavy atom. The topological polar surface area (TPSA) is 35.6 Å². The Kier molecular flexibility index (Phi) is 5.46. The fraction of sp³-hybridized carbons (Fsp3) is 0.316. The number of nitrogens with one attached hydrogen (secondary N) is 1. The van der Waals surface area contributed by atoms with Crippen LogP contribution in [0.1, 0.15) is 16.9 Å². The maximum Gasteiger partial charge on any atom is 0.418 e. The molecular weight excluding hydrogens is 375 g/mol. The summed E-state index contributed by atoms with van der Waals surface area (Å²) in [6, 6.07) is 7.35. The molecule has 0 aliphatic carbocycles. The minimum atomic E-state index is -4.55. The van der Waals surface area contributed by atoms with Crippen molar-refractivity contribution in [2.75, 3.05) is 37.4 Å². The molecule has 144 valence electrons. The number of anilines is 2. The number of carbonyl (C=O) groups excluding carboxylic acids is 1. The molecule has 0 saturated carbocycles. The van der Waals surface area contributed by atoms with Crippen molar-refractivity contribution in [1.82, 2.24) is 4.90 Å². The van der Waals surface area contributed by atoms with Crippen LogP contribution in [0, 0.1) is 0 Å². The Balaban J connectivity index is 1.75. The van der Waals surface area contributed by atoms with Gasteiger partial charge < -0.3 is 15.1 Å². The van der Waals surface area contributed by atoms with Gasteiger partial charge in [-0.15, -0.1) is 11.3 Å². The lowest BCUT2D eigenvalue weighted by Gasteiger charge is -2.27. The summed E-state index contributed by atoms with van der Waals surface area (Å²) in [7, 11) is 3.33. The smallest absolute Gasteiger partial charge is 0.378 e. The Bertz CT molecular complexity index is 844. The molecule has 27 heavy (non-hydrogen) atoms. The largest absolute Gasteiger partial charge is 0.418 e. The molecule has 8 heteroatoms. The number of benzene rings is 1. The first-order chi connectivity index (χ1) is 12.8. The van der Waals surface area contributed by atoms with Crippen LogP contribution < -0.4 is 10.2 Å². The van der Waals surface area contributed by atoms with Gasteiger partial charge in [0.2, 0.25) is 0 Å². The Morgan fingerprint density at radius 2 is 2.04 bits per heavy atom. The molecule has 2 heterocycles. The Hall–Kier alpha value is -2.48. The zero-order chi connectivity index (χ0) is 19.6. The summed E-state index contributed by atoms with van der Waals surface area (Å²) in [5, 5.41) is 4.42. The summed E-state index contributed by atoms with van der Waals surface area (Å²) < 4.78 is 40.2. The Morgan fingerprint density at radius 3 is 2.59 bits per heavy atom. The summed E-state index contributed by atoms with van der Waals surface area (Å²) in [5.74, 6) is 0. The van der Waals surface area contributed by atoms with Gasteiger partial charge in [0.25, 0.3) is 0 Å². The van der Waals surface area contributed by atoms with Crippen LogP contribution in [-0.2, 0) is 6.18 Å². The van der Waals surface area contributed by atoms with E-state index in [1.807, 2.05) is 23.6 Å². The molecule has 0 saturated heterocycles. The Labute approximate surface area is 159 Å². The quantitative estimate of drug-likeness (QED) is 0.780. The molecule has 1 N–H and O–H groups in total. The van der Waals surface area contributed by atoms with Gasteiger partial charge in [-0.2, -0.15) is 13.2 Å². The number of amides is 2. The minimum absolute atomic E-state index is 0.230. The average Bonchev–Trinajstić information content (AvgIpc) is 3.15. The molecule has 1 aromatic heterocycles. The summed E-state index contributed by atoms with van der Waals surface area (Å²) in [6.45, 7) is 0.836. The summed E-state index contributed by atoms with van der Waals surface area (Å²) >= 11 is 1.63. The molecule has 0 fully saturated rings. The molecule has 1 aliphatic heterocycles. The van der Waals surface area contributed by atoms with Crippen molar-refractivity contribution in [2.24, 2.45) is 0 Å². The number of hydrogen-bond acceptors (Lipinski definition) is 3. The van der Waals surface area contributed by atoms with Crippen molar-refractivity contribution in [2.45, 2.75) is 12.6 Å². The predicted octanol–water partition coefficient (Wildman–Crippen LogP) is 5.15. The van der Waals surface area contributed by atoms with E-state index in [0.717, 1.165) is 10.9 Å². The monoisotopic (exact) mass is 395 g/mol. The normalized spacial score (nSPS) is 14.7.